The quantitative estimate of drug-likeness (QED) is 0.821. The molecule has 27 heavy (non-hydrogen) atoms. The van der Waals surface area contributed by atoms with Gasteiger partial charge in [-0.05, 0) is 36.5 Å². The summed E-state index contributed by atoms with van der Waals surface area (Å²) >= 11 is 0. The van der Waals surface area contributed by atoms with Gasteiger partial charge in [-0.3, -0.25) is 9.79 Å². The van der Waals surface area contributed by atoms with E-state index in [-0.39, 0.29) is 12.5 Å². The molecule has 1 N–H and O–H groups in total. The first-order chi connectivity index (χ1) is 13.0. The molecule has 0 aliphatic carbocycles. The van der Waals surface area contributed by atoms with Crippen molar-refractivity contribution in [2.45, 2.75) is 32.4 Å². The number of fused-ring (bicyclic) bond motifs is 1. The van der Waals surface area contributed by atoms with Gasteiger partial charge < -0.3 is 24.6 Å². The molecule has 0 radical (unpaired) electrons. The zero-order valence-corrected chi connectivity index (χ0v) is 16.7. The van der Waals surface area contributed by atoms with Crippen LogP contribution in [0.25, 0.3) is 0 Å². The number of carbonyl (C=O) groups is 1. The Morgan fingerprint density at radius 3 is 2.89 bits per heavy atom. The average Bonchev–Trinajstić information content (AvgIpc) is 3.06. The largest absolute Gasteiger partial charge is 0.493 e. The first-order valence-corrected chi connectivity index (χ1v) is 9.52. The lowest BCUT2D eigenvalue weighted by atomic mass is 9.95. The zero-order valence-electron chi connectivity index (χ0n) is 16.7. The minimum atomic E-state index is -0.0904. The predicted molar refractivity (Wildman–Crippen MR) is 105 cm³/mol. The highest BCUT2D eigenvalue weighted by atomic mass is 16.5. The minimum Gasteiger partial charge on any atom is -0.493 e. The second kappa shape index (κ2) is 8.50. The second-order valence-corrected chi connectivity index (χ2v) is 7.57. The first-order valence-electron chi connectivity index (χ1n) is 9.52. The highest BCUT2D eigenvalue weighted by molar-refractivity contribution is 5.82. The number of piperidine rings is 1. The van der Waals surface area contributed by atoms with Crippen LogP contribution in [-0.2, 0) is 11.3 Å². The van der Waals surface area contributed by atoms with Gasteiger partial charge in [-0.25, -0.2) is 0 Å². The van der Waals surface area contributed by atoms with Gasteiger partial charge in [0.15, 0.2) is 24.1 Å². The molecule has 2 heterocycles. The summed E-state index contributed by atoms with van der Waals surface area (Å²) in [5, 5.41) is 3.47. The number of hydrogen-bond donors (Lipinski definition) is 1. The Morgan fingerprint density at radius 2 is 2.15 bits per heavy atom. The van der Waals surface area contributed by atoms with E-state index in [0.717, 1.165) is 24.6 Å². The monoisotopic (exact) mass is 374 g/mol. The van der Waals surface area contributed by atoms with Crippen molar-refractivity contribution < 1.29 is 14.3 Å². The predicted octanol–water partition coefficient (Wildman–Crippen LogP) is 1.72. The van der Waals surface area contributed by atoms with Gasteiger partial charge in [-0.2, -0.15) is 0 Å². The van der Waals surface area contributed by atoms with Gasteiger partial charge >= 0.3 is 0 Å². The number of methoxy groups -OCH3 is 1. The molecule has 1 aromatic carbocycles. The summed E-state index contributed by atoms with van der Waals surface area (Å²) < 4.78 is 11.0. The van der Waals surface area contributed by atoms with Gasteiger partial charge in [0.25, 0.3) is 5.91 Å². The number of amides is 1. The van der Waals surface area contributed by atoms with Crippen LogP contribution in [0.5, 0.6) is 11.5 Å². The number of aliphatic imine (C=N–C) groups is 1. The van der Waals surface area contributed by atoms with Crippen molar-refractivity contribution in [3.8, 4) is 11.5 Å². The van der Waals surface area contributed by atoms with Crippen LogP contribution in [0.15, 0.2) is 23.2 Å². The average molecular weight is 374 g/mol. The third kappa shape index (κ3) is 4.64. The number of likely N-dealkylation sites (N-methyl/N-ethyl adjacent to an activating group) is 1. The lowest BCUT2D eigenvalue weighted by molar-refractivity contribution is -0.130. The number of ether oxygens (including phenoxy) is 2. The number of rotatable bonds is 6. The Morgan fingerprint density at radius 1 is 1.33 bits per heavy atom. The van der Waals surface area contributed by atoms with Crippen molar-refractivity contribution in [2.75, 3.05) is 40.9 Å². The minimum absolute atomic E-state index is 0.00764. The first kappa shape index (κ1) is 19.3. The molecule has 0 saturated carbocycles. The Labute approximate surface area is 161 Å². The van der Waals surface area contributed by atoms with Crippen LogP contribution in [-0.4, -0.2) is 68.6 Å². The molecule has 3 rings (SSSR count). The van der Waals surface area contributed by atoms with E-state index in [1.165, 1.54) is 17.7 Å². The Kier molecular flexibility index (Phi) is 6.08. The van der Waals surface area contributed by atoms with E-state index in [1.54, 1.807) is 21.2 Å². The molecule has 0 aromatic heterocycles. The number of nitrogens with zero attached hydrogens (tertiary/aromatic N) is 3. The molecule has 2 atom stereocenters. The SMILES string of the molecule is COc1cc(CNC2=NCC3CCC(C)CN23)ccc1OCC(=O)N(C)C. The summed E-state index contributed by atoms with van der Waals surface area (Å²) in [5.74, 6) is 2.82. The van der Waals surface area contributed by atoms with Crippen molar-refractivity contribution in [2.24, 2.45) is 10.9 Å². The van der Waals surface area contributed by atoms with E-state index in [1.807, 2.05) is 18.2 Å². The lowest BCUT2D eigenvalue weighted by Gasteiger charge is -2.35. The Bertz CT molecular complexity index is 704. The van der Waals surface area contributed by atoms with Crippen LogP contribution in [0.1, 0.15) is 25.3 Å². The fraction of sp³-hybridized carbons (Fsp3) is 0.600. The summed E-state index contributed by atoms with van der Waals surface area (Å²) in [6, 6.07) is 6.33. The third-order valence-corrected chi connectivity index (χ3v) is 5.19. The Balaban J connectivity index is 1.58. The van der Waals surface area contributed by atoms with Gasteiger partial charge in [-0.1, -0.05) is 13.0 Å². The summed E-state index contributed by atoms with van der Waals surface area (Å²) in [6.07, 6.45) is 2.51. The fourth-order valence-corrected chi connectivity index (χ4v) is 3.49. The number of carbonyl (C=O) groups excluding carboxylic acids is 1. The second-order valence-electron chi connectivity index (χ2n) is 7.57. The Hall–Kier alpha value is -2.44. The van der Waals surface area contributed by atoms with Crippen molar-refractivity contribution in [1.29, 1.82) is 0 Å². The highest BCUT2D eigenvalue weighted by Crippen LogP contribution is 2.29. The van der Waals surface area contributed by atoms with E-state index in [2.05, 4.69) is 22.1 Å². The third-order valence-electron chi connectivity index (χ3n) is 5.19. The number of nitrogens with one attached hydrogen (secondary N) is 1. The topological polar surface area (TPSA) is 66.4 Å². The van der Waals surface area contributed by atoms with Gasteiger partial charge in [0.05, 0.1) is 19.7 Å². The van der Waals surface area contributed by atoms with Gasteiger partial charge in [0.2, 0.25) is 0 Å². The molecular weight excluding hydrogens is 344 g/mol. The normalized spacial score (nSPS) is 21.3. The summed E-state index contributed by atoms with van der Waals surface area (Å²) in [4.78, 5) is 20.3. The fourth-order valence-electron chi connectivity index (χ4n) is 3.49. The highest BCUT2D eigenvalue weighted by Gasteiger charge is 2.32. The molecular formula is C20H30N4O3. The zero-order chi connectivity index (χ0) is 19.4. The molecule has 1 aromatic rings. The maximum absolute atomic E-state index is 11.7. The van der Waals surface area contributed by atoms with Crippen molar-refractivity contribution in [1.82, 2.24) is 15.1 Å². The molecule has 0 bridgehead atoms. The van der Waals surface area contributed by atoms with Crippen LogP contribution in [0, 0.1) is 5.92 Å². The molecule has 7 nitrogen and oxygen atoms in total. The van der Waals surface area contributed by atoms with Crippen molar-refractivity contribution in [3.05, 3.63) is 23.8 Å². The molecule has 2 aliphatic rings. The molecule has 1 saturated heterocycles. The van der Waals surface area contributed by atoms with Crippen LogP contribution >= 0.6 is 0 Å². The van der Waals surface area contributed by atoms with E-state index >= 15 is 0 Å². The van der Waals surface area contributed by atoms with Crippen molar-refractivity contribution in [3.63, 3.8) is 0 Å². The maximum atomic E-state index is 11.7. The van der Waals surface area contributed by atoms with E-state index < -0.39 is 0 Å². The van der Waals surface area contributed by atoms with E-state index in [4.69, 9.17) is 9.47 Å². The van der Waals surface area contributed by atoms with E-state index in [9.17, 15) is 4.79 Å². The van der Waals surface area contributed by atoms with Gasteiger partial charge in [-0.15, -0.1) is 0 Å². The molecule has 2 unspecified atom stereocenters. The van der Waals surface area contributed by atoms with Gasteiger partial charge in [0, 0.05) is 27.2 Å². The molecule has 0 spiro atoms. The van der Waals surface area contributed by atoms with Crippen LogP contribution in [0.4, 0.5) is 0 Å². The standard InChI is InChI=1S/C20H30N4O3/c1-14-5-7-16-11-22-20(24(16)12-14)21-10-15-6-8-17(18(9-15)26-4)27-13-19(25)23(2)3/h6,8-9,14,16H,5,7,10-13H2,1-4H3,(H,21,22). The summed E-state index contributed by atoms with van der Waals surface area (Å²) in [6.45, 7) is 4.93. The van der Waals surface area contributed by atoms with Crippen LogP contribution in [0.2, 0.25) is 0 Å². The number of hydrogen-bond acceptors (Lipinski definition) is 6. The van der Waals surface area contributed by atoms with Gasteiger partial charge in [0.1, 0.15) is 0 Å². The van der Waals surface area contributed by atoms with Crippen molar-refractivity contribution >= 4 is 11.9 Å². The molecule has 148 valence electrons. The smallest absolute Gasteiger partial charge is 0.259 e. The molecule has 1 fully saturated rings. The lowest BCUT2D eigenvalue weighted by Crippen LogP contribution is -2.48. The molecule has 7 heteroatoms. The van der Waals surface area contributed by atoms with E-state index in [0.29, 0.717) is 30.0 Å². The summed E-state index contributed by atoms with van der Waals surface area (Å²) in [5.41, 5.74) is 1.08. The molecule has 1 amide bonds. The van der Waals surface area contributed by atoms with Crippen LogP contribution in [0.3, 0.4) is 0 Å². The summed E-state index contributed by atoms with van der Waals surface area (Å²) in [7, 11) is 5.02. The van der Waals surface area contributed by atoms with Crippen LogP contribution < -0.4 is 14.8 Å². The number of guanidine groups is 1. The maximum Gasteiger partial charge on any atom is 0.259 e. The molecule has 2 aliphatic heterocycles. The number of benzene rings is 1.